The fourth-order valence-electron chi connectivity index (χ4n) is 0.417. The first-order valence-electron chi connectivity index (χ1n) is 2.15. The monoisotopic (exact) mass is 145 g/mol. The first kappa shape index (κ1) is 6.22. The largest absolute Gasteiger partial charge is 0.545 e. The summed E-state index contributed by atoms with van der Waals surface area (Å²) < 4.78 is 12.0. The highest BCUT2D eigenvalue weighted by atomic mass is 32.1. The van der Waals surface area contributed by atoms with Crippen LogP contribution in [0.15, 0.2) is 11.4 Å². The number of aromatic carboxylic acids is 1. The van der Waals surface area contributed by atoms with Crippen LogP contribution in [0.4, 0.5) is 4.39 Å². The van der Waals surface area contributed by atoms with Gasteiger partial charge in [-0.05, 0) is 6.07 Å². The maximum absolute atomic E-state index is 12.0. The number of rotatable bonds is 1. The Hall–Kier alpha value is -0.900. The smallest absolute Gasteiger partial charge is 0.177 e. The van der Waals surface area contributed by atoms with Gasteiger partial charge in [0.2, 0.25) is 0 Å². The molecule has 0 N–H and O–H groups in total. The summed E-state index contributed by atoms with van der Waals surface area (Å²) >= 11 is 0.745. The van der Waals surface area contributed by atoms with E-state index in [0.29, 0.717) is 0 Å². The molecule has 0 fully saturated rings. The van der Waals surface area contributed by atoms with Crippen molar-refractivity contribution in [3.8, 4) is 0 Å². The van der Waals surface area contributed by atoms with Crippen LogP contribution in [0.3, 0.4) is 0 Å². The van der Waals surface area contributed by atoms with Gasteiger partial charge in [0.1, 0.15) is 0 Å². The number of hydrogen-bond donors (Lipinski definition) is 0. The van der Waals surface area contributed by atoms with E-state index in [-0.39, 0.29) is 5.56 Å². The van der Waals surface area contributed by atoms with Crippen molar-refractivity contribution in [2.45, 2.75) is 0 Å². The molecule has 0 unspecified atom stereocenters. The minimum atomic E-state index is -1.34. The summed E-state index contributed by atoms with van der Waals surface area (Å²) in [5.41, 5.74) is -0.0995. The van der Waals surface area contributed by atoms with Crippen LogP contribution in [-0.4, -0.2) is 5.97 Å². The van der Waals surface area contributed by atoms with Gasteiger partial charge in [-0.25, -0.2) is 0 Å². The van der Waals surface area contributed by atoms with Gasteiger partial charge in [0.25, 0.3) is 0 Å². The van der Waals surface area contributed by atoms with Crippen molar-refractivity contribution in [3.63, 3.8) is 0 Å². The van der Waals surface area contributed by atoms with Gasteiger partial charge in [-0.15, -0.1) is 11.3 Å². The van der Waals surface area contributed by atoms with Crippen LogP contribution in [0.2, 0.25) is 0 Å². The third kappa shape index (κ3) is 1.26. The lowest BCUT2D eigenvalue weighted by Crippen LogP contribution is -2.21. The second-order valence-corrected chi connectivity index (χ2v) is 2.29. The SMILES string of the molecule is O=C([O-])c1csc(F)c1. The number of halogens is 1. The van der Waals surface area contributed by atoms with E-state index in [1.165, 1.54) is 5.38 Å². The standard InChI is InChI=1S/C5H3FO2S/c6-4-1-3(2-9-4)5(7)8/h1-2H,(H,7,8)/p-1. The van der Waals surface area contributed by atoms with Crippen molar-refractivity contribution in [3.05, 3.63) is 22.1 Å². The van der Waals surface area contributed by atoms with E-state index in [9.17, 15) is 14.3 Å². The summed E-state index contributed by atoms with van der Waals surface area (Å²) in [6.45, 7) is 0. The first-order valence-corrected chi connectivity index (χ1v) is 3.03. The molecule has 4 heteroatoms. The topological polar surface area (TPSA) is 40.1 Å². The van der Waals surface area contributed by atoms with Gasteiger partial charge in [-0.3, -0.25) is 0 Å². The summed E-state index contributed by atoms with van der Waals surface area (Å²) in [6.07, 6.45) is 0. The Morgan fingerprint density at radius 3 is 2.67 bits per heavy atom. The van der Waals surface area contributed by atoms with Crippen molar-refractivity contribution in [1.29, 1.82) is 0 Å². The van der Waals surface area contributed by atoms with Crippen LogP contribution in [0, 0.1) is 5.13 Å². The van der Waals surface area contributed by atoms with E-state index < -0.39 is 11.1 Å². The normalized spacial score (nSPS) is 9.44. The molecule has 48 valence electrons. The molecule has 1 aromatic rings. The maximum Gasteiger partial charge on any atom is 0.177 e. The Labute approximate surface area is 54.6 Å². The van der Waals surface area contributed by atoms with Crippen LogP contribution in [0.1, 0.15) is 10.4 Å². The molecule has 1 rings (SSSR count). The molecule has 0 amide bonds. The van der Waals surface area contributed by atoms with Crippen LogP contribution >= 0.6 is 11.3 Å². The van der Waals surface area contributed by atoms with Gasteiger partial charge < -0.3 is 9.90 Å². The summed E-state index contributed by atoms with van der Waals surface area (Å²) in [6, 6.07) is 0.931. The Morgan fingerprint density at radius 1 is 1.78 bits per heavy atom. The molecule has 0 saturated heterocycles. The minimum Gasteiger partial charge on any atom is -0.545 e. The Bertz CT molecular complexity index is 231. The second kappa shape index (κ2) is 2.14. The molecule has 0 spiro atoms. The van der Waals surface area contributed by atoms with Crippen LogP contribution in [0.5, 0.6) is 0 Å². The van der Waals surface area contributed by atoms with Crippen molar-refractivity contribution in [2.24, 2.45) is 0 Å². The Kier molecular flexibility index (Phi) is 1.48. The van der Waals surface area contributed by atoms with E-state index in [2.05, 4.69) is 0 Å². The number of carboxylic acids is 1. The fraction of sp³-hybridized carbons (Fsp3) is 0. The number of thiophene rings is 1. The fourth-order valence-corrected chi connectivity index (χ4v) is 1.02. The Morgan fingerprint density at radius 2 is 2.44 bits per heavy atom. The lowest BCUT2D eigenvalue weighted by molar-refractivity contribution is -0.255. The molecule has 0 atom stereocenters. The molecule has 0 aliphatic rings. The summed E-state index contributed by atoms with van der Waals surface area (Å²) in [5.74, 6) is -1.34. The van der Waals surface area contributed by atoms with E-state index in [0.717, 1.165) is 17.4 Å². The predicted molar refractivity (Wildman–Crippen MR) is 28.6 cm³/mol. The molecule has 0 radical (unpaired) electrons. The highest BCUT2D eigenvalue weighted by molar-refractivity contribution is 7.08. The zero-order chi connectivity index (χ0) is 6.85. The zero-order valence-corrected chi connectivity index (χ0v) is 5.07. The third-order valence-electron chi connectivity index (χ3n) is 0.803. The highest BCUT2D eigenvalue weighted by Gasteiger charge is 1.96. The van der Waals surface area contributed by atoms with Gasteiger partial charge >= 0.3 is 0 Å². The van der Waals surface area contributed by atoms with Gasteiger partial charge in [-0.1, -0.05) is 0 Å². The molecule has 1 aromatic heterocycles. The van der Waals surface area contributed by atoms with Crippen molar-refractivity contribution < 1.29 is 14.3 Å². The average molecular weight is 145 g/mol. The van der Waals surface area contributed by atoms with E-state index >= 15 is 0 Å². The van der Waals surface area contributed by atoms with E-state index in [4.69, 9.17) is 0 Å². The Balaban J connectivity index is 2.98. The van der Waals surface area contributed by atoms with Crippen molar-refractivity contribution >= 4 is 17.3 Å². The van der Waals surface area contributed by atoms with E-state index in [1.54, 1.807) is 0 Å². The molecular formula is C5H2FO2S-. The van der Waals surface area contributed by atoms with E-state index in [1.807, 2.05) is 0 Å². The molecule has 0 bridgehead atoms. The second-order valence-electron chi connectivity index (χ2n) is 1.43. The summed E-state index contributed by atoms with van der Waals surface area (Å²) in [5, 5.41) is 10.6. The van der Waals surface area contributed by atoms with Gasteiger partial charge in [0, 0.05) is 10.9 Å². The molecule has 0 aromatic carbocycles. The third-order valence-corrected chi connectivity index (χ3v) is 1.52. The number of carboxylic acid groups (broad SMARTS) is 1. The van der Waals surface area contributed by atoms with Crippen molar-refractivity contribution in [1.82, 2.24) is 0 Å². The first-order chi connectivity index (χ1) is 4.20. The maximum atomic E-state index is 12.0. The predicted octanol–water partition coefficient (Wildman–Crippen LogP) is 0.251. The quantitative estimate of drug-likeness (QED) is 0.568. The number of carbonyl (C=O) groups excluding carboxylic acids is 1. The van der Waals surface area contributed by atoms with Crippen molar-refractivity contribution in [2.75, 3.05) is 0 Å². The molecular weight excluding hydrogens is 143 g/mol. The van der Waals surface area contributed by atoms with Crippen LogP contribution in [0.25, 0.3) is 0 Å². The molecule has 0 aliphatic carbocycles. The summed E-state index contributed by atoms with van der Waals surface area (Å²) in [4.78, 5) is 9.94. The van der Waals surface area contributed by atoms with Gasteiger partial charge in [-0.2, -0.15) is 4.39 Å². The number of carbonyl (C=O) groups is 1. The molecule has 0 aliphatic heterocycles. The molecule has 0 saturated carbocycles. The van der Waals surface area contributed by atoms with Gasteiger partial charge in [0.15, 0.2) is 5.13 Å². The van der Waals surface area contributed by atoms with Gasteiger partial charge in [0.05, 0.1) is 5.97 Å². The highest BCUT2D eigenvalue weighted by Crippen LogP contribution is 2.10. The molecule has 9 heavy (non-hydrogen) atoms. The molecule has 1 heterocycles. The minimum absolute atomic E-state index is 0.0995. The molecule has 2 nitrogen and oxygen atoms in total. The lowest BCUT2D eigenvalue weighted by Gasteiger charge is -1.92. The zero-order valence-electron chi connectivity index (χ0n) is 4.26. The van der Waals surface area contributed by atoms with Crippen LogP contribution in [-0.2, 0) is 0 Å². The van der Waals surface area contributed by atoms with Crippen LogP contribution < -0.4 is 5.11 Å². The lowest BCUT2D eigenvalue weighted by atomic mass is 10.4. The number of hydrogen-bond acceptors (Lipinski definition) is 3. The summed E-state index contributed by atoms with van der Waals surface area (Å²) in [7, 11) is 0. The average Bonchev–Trinajstić information content (AvgIpc) is 2.14.